The van der Waals surface area contributed by atoms with E-state index in [4.69, 9.17) is 0 Å². The zero-order valence-electron chi connectivity index (χ0n) is 10.1. The van der Waals surface area contributed by atoms with Crippen LogP contribution in [0.15, 0.2) is 18.2 Å². The van der Waals surface area contributed by atoms with Crippen molar-refractivity contribution in [2.24, 2.45) is 5.92 Å². The van der Waals surface area contributed by atoms with E-state index >= 15 is 0 Å². The molecule has 0 aromatic heterocycles. The summed E-state index contributed by atoms with van der Waals surface area (Å²) in [6, 6.07) is 2.70. The molecule has 5 heteroatoms. The summed E-state index contributed by atoms with van der Waals surface area (Å²) in [7, 11) is 1.51. The lowest BCUT2D eigenvalue weighted by molar-refractivity contribution is 0.0644. The van der Waals surface area contributed by atoms with E-state index in [1.807, 2.05) is 0 Å². The summed E-state index contributed by atoms with van der Waals surface area (Å²) in [5.74, 6) is -1.80. The SMILES string of the molecule is CN(CC(O)C1CC1)C(=O)c1cc(F)cc(F)c1. The van der Waals surface area contributed by atoms with Gasteiger partial charge in [-0.05, 0) is 30.9 Å². The number of aliphatic hydroxyl groups excluding tert-OH is 1. The molecule has 0 heterocycles. The van der Waals surface area contributed by atoms with Crippen LogP contribution in [0.25, 0.3) is 0 Å². The second-order valence-corrected chi connectivity index (χ2v) is 4.75. The minimum absolute atomic E-state index is 0.0435. The summed E-state index contributed by atoms with van der Waals surface area (Å²) < 4.78 is 26.0. The maximum absolute atomic E-state index is 13.0. The third-order valence-corrected chi connectivity index (χ3v) is 3.08. The normalized spacial score (nSPS) is 16.4. The van der Waals surface area contributed by atoms with E-state index in [1.165, 1.54) is 11.9 Å². The van der Waals surface area contributed by atoms with Crippen molar-refractivity contribution in [3.05, 3.63) is 35.4 Å². The van der Waals surface area contributed by atoms with Crippen LogP contribution in [0.3, 0.4) is 0 Å². The van der Waals surface area contributed by atoms with E-state index in [0.29, 0.717) is 0 Å². The minimum atomic E-state index is -0.783. The van der Waals surface area contributed by atoms with Crippen molar-refractivity contribution >= 4 is 5.91 Å². The Hall–Kier alpha value is -1.49. The fourth-order valence-corrected chi connectivity index (χ4v) is 1.89. The van der Waals surface area contributed by atoms with E-state index in [1.54, 1.807) is 0 Å². The van der Waals surface area contributed by atoms with Crippen molar-refractivity contribution in [2.45, 2.75) is 18.9 Å². The van der Waals surface area contributed by atoms with E-state index in [2.05, 4.69) is 0 Å². The van der Waals surface area contributed by atoms with Crippen LogP contribution >= 0.6 is 0 Å². The van der Waals surface area contributed by atoms with Gasteiger partial charge in [-0.25, -0.2) is 8.78 Å². The molecule has 0 bridgehead atoms. The summed E-state index contributed by atoms with van der Waals surface area (Å²) in [5, 5.41) is 9.72. The number of aliphatic hydroxyl groups is 1. The Kier molecular flexibility index (Phi) is 3.61. The second kappa shape index (κ2) is 5.02. The maximum atomic E-state index is 13.0. The number of benzene rings is 1. The summed E-state index contributed by atoms with van der Waals surface area (Å²) in [6.07, 6.45) is 1.38. The molecule has 1 amide bonds. The Labute approximate surface area is 104 Å². The average Bonchev–Trinajstić information content (AvgIpc) is 3.10. The van der Waals surface area contributed by atoms with Gasteiger partial charge in [-0.3, -0.25) is 4.79 Å². The highest BCUT2D eigenvalue weighted by atomic mass is 19.1. The fourth-order valence-electron chi connectivity index (χ4n) is 1.89. The smallest absolute Gasteiger partial charge is 0.253 e. The summed E-state index contributed by atoms with van der Waals surface area (Å²) >= 11 is 0. The van der Waals surface area contributed by atoms with Gasteiger partial charge in [0.05, 0.1) is 6.10 Å². The van der Waals surface area contributed by atoms with Crippen molar-refractivity contribution in [1.82, 2.24) is 4.90 Å². The molecule has 1 unspecified atom stereocenters. The fraction of sp³-hybridized carbons (Fsp3) is 0.462. The molecule has 18 heavy (non-hydrogen) atoms. The topological polar surface area (TPSA) is 40.5 Å². The highest BCUT2D eigenvalue weighted by molar-refractivity contribution is 5.94. The lowest BCUT2D eigenvalue weighted by Gasteiger charge is -2.20. The number of rotatable bonds is 4. The Bertz CT molecular complexity index is 440. The molecule has 1 N–H and O–H groups in total. The van der Waals surface area contributed by atoms with Crippen LogP contribution in [0.1, 0.15) is 23.2 Å². The third-order valence-electron chi connectivity index (χ3n) is 3.08. The number of nitrogens with zero attached hydrogens (tertiary/aromatic N) is 1. The standard InChI is InChI=1S/C13H15F2NO2/c1-16(7-12(17)8-2-3-8)13(18)9-4-10(14)6-11(15)5-9/h4-6,8,12,17H,2-3,7H2,1H3. The number of halogens is 2. The Balaban J connectivity index is 2.04. The predicted molar refractivity (Wildman–Crippen MR) is 62.0 cm³/mol. The molecule has 0 saturated heterocycles. The molecule has 1 saturated carbocycles. The number of carbonyl (C=O) groups is 1. The molecule has 1 aliphatic carbocycles. The predicted octanol–water partition coefficient (Wildman–Crippen LogP) is 1.81. The molecular formula is C13H15F2NO2. The molecule has 0 spiro atoms. The van der Waals surface area contributed by atoms with Gasteiger partial charge in [0.25, 0.3) is 5.91 Å². The van der Waals surface area contributed by atoms with Gasteiger partial charge < -0.3 is 10.0 Å². The van der Waals surface area contributed by atoms with Gasteiger partial charge in [0, 0.05) is 25.2 Å². The molecule has 1 aromatic rings. The Morgan fingerprint density at radius 1 is 1.39 bits per heavy atom. The number of hydrogen-bond donors (Lipinski definition) is 1. The molecular weight excluding hydrogens is 240 g/mol. The molecule has 1 fully saturated rings. The quantitative estimate of drug-likeness (QED) is 0.891. The van der Waals surface area contributed by atoms with Gasteiger partial charge >= 0.3 is 0 Å². The van der Waals surface area contributed by atoms with E-state index < -0.39 is 23.6 Å². The zero-order valence-corrected chi connectivity index (χ0v) is 10.1. The van der Waals surface area contributed by atoms with Gasteiger partial charge in [0.15, 0.2) is 0 Å². The summed E-state index contributed by atoms with van der Waals surface area (Å²) in [5.41, 5.74) is -0.0435. The first kappa shape index (κ1) is 13.0. The van der Waals surface area contributed by atoms with E-state index in [-0.39, 0.29) is 18.0 Å². The molecule has 1 aromatic carbocycles. The van der Waals surface area contributed by atoms with Crippen LogP contribution in [-0.2, 0) is 0 Å². The monoisotopic (exact) mass is 255 g/mol. The van der Waals surface area contributed by atoms with Crippen LogP contribution in [0.2, 0.25) is 0 Å². The highest BCUT2D eigenvalue weighted by Crippen LogP contribution is 2.32. The summed E-state index contributed by atoms with van der Waals surface area (Å²) in [4.78, 5) is 13.2. The van der Waals surface area contributed by atoms with Crippen molar-refractivity contribution in [3.8, 4) is 0 Å². The van der Waals surface area contributed by atoms with E-state index in [0.717, 1.165) is 31.0 Å². The molecule has 0 radical (unpaired) electrons. The minimum Gasteiger partial charge on any atom is -0.391 e. The molecule has 3 nitrogen and oxygen atoms in total. The maximum Gasteiger partial charge on any atom is 0.253 e. The number of likely N-dealkylation sites (N-methyl/N-ethyl adjacent to an activating group) is 1. The lowest BCUT2D eigenvalue weighted by atomic mass is 10.1. The molecule has 1 aliphatic rings. The van der Waals surface area contributed by atoms with Crippen LogP contribution in [0.5, 0.6) is 0 Å². The van der Waals surface area contributed by atoms with Crippen LogP contribution in [0, 0.1) is 17.6 Å². The van der Waals surface area contributed by atoms with Crippen molar-refractivity contribution in [1.29, 1.82) is 0 Å². The lowest BCUT2D eigenvalue weighted by Crippen LogP contribution is -2.35. The van der Waals surface area contributed by atoms with Crippen LogP contribution in [-0.4, -0.2) is 35.6 Å². The van der Waals surface area contributed by atoms with Gasteiger partial charge in [-0.2, -0.15) is 0 Å². The van der Waals surface area contributed by atoms with E-state index in [9.17, 15) is 18.7 Å². The largest absolute Gasteiger partial charge is 0.391 e. The number of hydrogen-bond acceptors (Lipinski definition) is 2. The first-order chi connectivity index (χ1) is 8.47. The van der Waals surface area contributed by atoms with Crippen molar-refractivity contribution < 1.29 is 18.7 Å². The van der Waals surface area contributed by atoms with Gasteiger partial charge in [-0.1, -0.05) is 0 Å². The summed E-state index contributed by atoms with van der Waals surface area (Å²) in [6.45, 7) is 0.182. The first-order valence-corrected chi connectivity index (χ1v) is 5.87. The molecule has 0 aliphatic heterocycles. The van der Waals surface area contributed by atoms with Crippen LogP contribution in [0.4, 0.5) is 8.78 Å². The number of carbonyl (C=O) groups excluding carboxylic acids is 1. The average molecular weight is 255 g/mol. The van der Waals surface area contributed by atoms with Crippen molar-refractivity contribution in [3.63, 3.8) is 0 Å². The molecule has 2 rings (SSSR count). The van der Waals surface area contributed by atoms with Gasteiger partial charge in [0.2, 0.25) is 0 Å². The van der Waals surface area contributed by atoms with Gasteiger partial charge in [-0.15, -0.1) is 0 Å². The zero-order chi connectivity index (χ0) is 13.3. The molecule has 1 atom stereocenters. The van der Waals surface area contributed by atoms with Crippen molar-refractivity contribution in [2.75, 3.05) is 13.6 Å². The highest BCUT2D eigenvalue weighted by Gasteiger charge is 2.31. The van der Waals surface area contributed by atoms with Gasteiger partial charge in [0.1, 0.15) is 11.6 Å². The van der Waals surface area contributed by atoms with Crippen LogP contribution < -0.4 is 0 Å². The molecule has 98 valence electrons. The third kappa shape index (κ3) is 3.04. The first-order valence-electron chi connectivity index (χ1n) is 5.87. The number of amides is 1. The Morgan fingerprint density at radius 2 is 1.94 bits per heavy atom. The second-order valence-electron chi connectivity index (χ2n) is 4.75. The Morgan fingerprint density at radius 3 is 2.44 bits per heavy atom.